The number of amides is 1. The number of hydrogen-bond donors (Lipinski definition) is 0. The summed E-state index contributed by atoms with van der Waals surface area (Å²) in [5.41, 5.74) is 1.92. The first kappa shape index (κ1) is 17.3. The number of methoxy groups -OCH3 is 1. The summed E-state index contributed by atoms with van der Waals surface area (Å²) in [7, 11) is 1.64. The van der Waals surface area contributed by atoms with Gasteiger partial charge in [0.15, 0.2) is 0 Å². The summed E-state index contributed by atoms with van der Waals surface area (Å²) in [6.45, 7) is 4.24. The number of anilines is 1. The fraction of sp³-hybridized carbons (Fsp3) is 0.350. The van der Waals surface area contributed by atoms with Crippen LogP contribution in [0.15, 0.2) is 54.6 Å². The molecule has 2 aromatic rings. The molecule has 1 heterocycles. The molecule has 0 atom stereocenters. The number of carbonyl (C=O) groups is 1. The molecule has 0 spiro atoms. The van der Waals surface area contributed by atoms with E-state index in [2.05, 4.69) is 17.0 Å². The van der Waals surface area contributed by atoms with Gasteiger partial charge in [-0.15, -0.1) is 0 Å². The summed E-state index contributed by atoms with van der Waals surface area (Å²) < 4.78 is 10.5. The third-order valence-corrected chi connectivity index (χ3v) is 4.35. The van der Waals surface area contributed by atoms with Crippen molar-refractivity contribution in [3.8, 4) is 5.75 Å². The van der Waals surface area contributed by atoms with Gasteiger partial charge < -0.3 is 19.3 Å². The van der Waals surface area contributed by atoms with Gasteiger partial charge in [-0.3, -0.25) is 4.79 Å². The van der Waals surface area contributed by atoms with Crippen LogP contribution in [0.2, 0.25) is 0 Å². The molecule has 1 saturated heterocycles. The van der Waals surface area contributed by atoms with Crippen LogP contribution in [-0.4, -0.2) is 57.3 Å². The highest BCUT2D eigenvalue weighted by atomic mass is 16.5. The summed E-state index contributed by atoms with van der Waals surface area (Å²) in [6, 6.07) is 17.7. The van der Waals surface area contributed by atoms with Crippen LogP contribution in [0.4, 0.5) is 5.69 Å². The molecule has 1 aliphatic rings. The summed E-state index contributed by atoms with van der Waals surface area (Å²) in [5, 5.41) is 0. The van der Waals surface area contributed by atoms with E-state index in [0.29, 0.717) is 18.8 Å². The van der Waals surface area contributed by atoms with Crippen LogP contribution in [0.1, 0.15) is 10.4 Å². The van der Waals surface area contributed by atoms with E-state index < -0.39 is 0 Å². The monoisotopic (exact) mass is 340 g/mol. The van der Waals surface area contributed by atoms with Crippen LogP contribution in [0.5, 0.6) is 5.75 Å². The van der Waals surface area contributed by atoms with Crippen LogP contribution in [-0.2, 0) is 4.74 Å². The number of para-hydroxylation sites is 1. The molecule has 0 unspecified atom stereocenters. The third-order valence-electron chi connectivity index (χ3n) is 4.35. The molecule has 0 aliphatic carbocycles. The molecule has 1 aliphatic heterocycles. The topological polar surface area (TPSA) is 42.0 Å². The number of ether oxygens (including phenoxy) is 2. The van der Waals surface area contributed by atoms with Gasteiger partial charge in [-0.1, -0.05) is 18.2 Å². The number of piperazine rings is 1. The first-order chi connectivity index (χ1) is 12.3. The van der Waals surface area contributed by atoms with Crippen molar-refractivity contribution in [2.45, 2.75) is 0 Å². The number of carbonyl (C=O) groups excluding carboxylic acids is 1. The van der Waals surface area contributed by atoms with Gasteiger partial charge in [0, 0.05) is 44.5 Å². The van der Waals surface area contributed by atoms with Gasteiger partial charge in [0.2, 0.25) is 0 Å². The molecule has 3 rings (SSSR count). The SMILES string of the molecule is COCCOc1ccc(C(=O)N2CCN(c3ccccc3)CC2)cc1. The summed E-state index contributed by atoms with van der Waals surface area (Å²) in [6.07, 6.45) is 0. The molecule has 1 amide bonds. The second-order valence-electron chi connectivity index (χ2n) is 5.98. The Balaban J connectivity index is 1.53. The fourth-order valence-corrected chi connectivity index (χ4v) is 2.93. The Kier molecular flexibility index (Phi) is 5.90. The van der Waals surface area contributed by atoms with Gasteiger partial charge in [-0.05, 0) is 36.4 Å². The molecule has 0 N–H and O–H groups in total. The van der Waals surface area contributed by atoms with Crippen molar-refractivity contribution < 1.29 is 14.3 Å². The van der Waals surface area contributed by atoms with Crippen molar-refractivity contribution in [2.75, 3.05) is 51.4 Å². The van der Waals surface area contributed by atoms with Gasteiger partial charge in [0.25, 0.3) is 5.91 Å². The van der Waals surface area contributed by atoms with Crippen LogP contribution in [0.3, 0.4) is 0 Å². The quantitative estimate of drug-likeness (QED) is 0.758. The minimum atomic E-state index is 0.0798. The molecule has 2 aromatic carbocycles. The molecular weight excluding hydrogens is 316 g/mol. The summed E-state index contributed by atoms with van der Waals surface area (Å²) in [5.74, 6) is 0.832. The Bertz CT molecular complexity index is 665. The van der Waals surface area contributed by atoms with Crippen molar-refractivity contribution in [1.82, 2.24) is 4.90 Å². The number of rotatable bonds is 6. The lowest BCUT2D eigenvalue weighted by Crippen LogP contribution is -2.48. The zero-order valence-corrected chi connectivity index (χ0v) is 14.6. The van der Waals surface area contributed by atoms with Gasteiger partial charge in [0.1, 0.15) is 12.4 Å². The van der Waals surface area contributed by atoms with Gasteiger partial charge in [-0.25, -0.2) is 0 Å². The van der Waals surface area contributed by atoms with Crippen molar-refractivity contribution in [1.29, 1.82) is 0 Å². The van der Waals surface area contributed by atoms with E-state index in [-0.39, 0.29) is 5.91 Å². The van der Waals surface area contributed by atoms with Crippen molar-refractivity contribution in [2.24, 2.45) is 0 Å². The molecule has 0 bridgehead atoms. The molecule has 0 saturated carbocycles. The Morgan fingerprint density at radius 3 is 2.24 bits per heavy atom. The van der Waals surface area contributed by atoms with E-state index in [1.807, 2.05) is 47.4 Å². The highest BCUT2D eigenvalue weighted by Gasteiger charge is 2.22. The predicted molar refractivity (Wildman–Crippen MR) is 98.4 cm³/mol. The second kappa shape index (κ2) is 8.53. The Labute approximate surface area is 148 Å². The minimum Gasteiger partial charge on any atom is -0.491 e. The third kappa shape index (κ3) is 4.51. The maximum absolute atomic E-state index is 12.7. The van der Waals surface area contributed by atoms with Crippen LogP contribution >= 0.6 is 0 Å². The largest absolute Gasteiger partial charge is 0.491 e. The van der Waals surface area contributed by atoms with E-state index in [4.69, 9.17) is 9.47 Å². The van der Waals surface area contributed by atoms with Gasteiger partial charge >= 0.3 is 0 Å². The Morgan fingerprint density at radius 2 is 1.60 bits per heavy atom. The van der Waals surface area contributed by atoms with E-state index >= 15 is 0 Å². The van der Waals surface area contributed by atoms with Crippen molar-refractivity contribution in [3.05, 3.63) is 60.2 Å². The lowest BCUT2D eigenvalue weighted by molar-refractivity contribution is 0.0746. The van der Waals surface area contributed by atoms with Crippen molar-refractivity contribution >= 4 is 11.6 Å². The number of nitrogens with zero attached hydrogens (tertiary/aromatic N) is 2. The second-order valence-corrected chi connectivity index (χ2v) is 5.98. The van der Waals surface area contributed by atoms with Crippen molar-refractivity contribution in [3.63, 3.8) is 0 Å². The Hall–Kier alpha value is -2.53. The molecule has 132 valence electrons. The lowest BCUT2D eigenvalue weighted by atomic mass is 10.1. The van der Waals surface area contributed by atoms with Crippen LogP contribution in [0, 0.1) is 0 Å². The Morgan fingerprint density at radius 1 is 0.920 bits per heavy atom. The van der Waals surface area contributed by atoms with E-state index in [9.17, 15) is 4.79 Å². The van der Waals surface area contributed by atoms with Crippen LogP contribution in [0.25, 0.3) is 0 Å². The zero-order valence-electron chi connectivity index (χ0n) is 14.6. The highest BCUT2D eigenvalue weighted by molar-refractivity contribution is 5.94. The lowest BCUT2D eigenvalue weighted by Gasteiger charge is -2.36. The maximum Gasteiger partial charge on any atom is 0.253 e. The van der Waals surface area contributed by atoms with E-state index in [1.165, 1.54) is 5.69 Å². The minimum absolute atomic E-state index is 0.0798. The maximum atomic E-state index is 12.7. The molecule has 0 radical (unpaired) electrons. The zero-order chi connectivity index (χ0) is 17.5. The highest BCUT2D eigenvalue weighted by Crippen LogP contribution is 2.18. The van der Waals surface area contributed by atoms with E-state index in [1.54, 1.807) is 7.11 Å². The summed E-state index contributed by atoms with van der Waals surface area (Å²) in [4.78, 5) is 16.9. The number of hydrogen-bond acceptors (Lipinski definition) is 4. The molecule has 5 heteroatoms. The fourth-order valence-electron chi connectivity index (χ4n) is 2.93. The number of benzene rings is 2. The van der Waals surface area contributed by atoms with Gasteiger partial charge in [0.05, 0.1) is 6.61 Å². The average molecular weight is 340 g/mol. The average Bonchev–Trinajstić information content (AvgIpc) is 2.69. The normalized spacial score (nSPS) is 14.4. The molecule has 1 fully saturated rings. The van der Waals surface area contributed by atoms with E-state index in [0.717, 1.165) is 31.9 Å². The van der Waals surface area contributed by atoms with Gasteiger partial charge in [-0.2, -0.15) is 0 Å². The first-order valence-corrected chi connectivity index (χ1v) is 8.59. The molecule has 0 aromatic heterocycles. The predicted octanol–water partition coefficient (Wildman–Crippen LogP) is 2.67. The molecule has 5 nitrogen and oxygen atoms in total. The summed E-state index contributed by atoms with van der Waals surface area (Å²) >= 11 is 0. The molecular formula is C20H24N2O3. The van der Waals surface area contributed by atoms with Crippen LogP contribution < -0.4 is 9.64 Å². The first-order valence-electron chi connectivity index (χ1n) is 8.59. The molecule has 25 heavy (non-hydrogen) atoms. The smallest absolute Gasteiger partial charge is 0.253 e. The standard InChI is InChI=1S/C20H24N2O3/c1-24-15-16-25-19-9-7-17(8-10-19)20(23)22-13-11-21(12-14-22)18-5-3-2-4-6-18/h2-10H,11-16H2,1H3.